The number of tetrazole rings is 1. The van der Waals surface area contributed by atoms with Crippen molar-refractivity contribution in [3.05, 3.63) is 57.6 Å². The predicted molar refractivity (Wildman–Crippen MR) is 99.1 cm³/mol. The standard InChI is InChI=1S/C16H16Cl2N6O2/c1-25-14-6-11(8-20-24-16(19)21-22-23-24)13(18)7-15(14)26-9-10-2-4-12(17)5-3-10/h2-7,20H,8-9H2,1H3,(H2,19,21,23). The van der Waals surface area contributed by atoms with E-state index in [0.29, 0.717) is 34.7 Å². The maximum Gasteiger partial charge on any atom is 0.260 e. The van der Waals surface area contributed by atoms with Gasteiger partial charge in [0.05, 0.1) is 13.7 Å². The lowest BCUT2D eigenvalue weighted by atomic mass is 10.2. The van der Waals surface area contributed by atoms with Crippen LogP contribution in [0.3, 0.4) is 0 Å². The highest BCUT2D eigenvalue weighted by molar-refractivity contribution is 6.31. The molecule has 3 N–H and O–H groups in total. The molecule has 0 unspecified atom stereocenters. The number of benzene rings is 2. The first-order chi connectivity index (χ1) is 12.6. The zero-order chi connectivity index (χ0) is 18.5. The van der Waals surface area contributed by atoms with Gasteiger partial charge >= 0.3 is 0 Å². The molecule has 0 bridgehead atoms. The van der Waals surface area contributed by atoms with Gasteiger partial charge in [-0.05, 0) is 39.8 Å². The largest absolute Gasteiger partial charge is 0.493 e. The van der Waals surface area contributed by atoms with Gasteiger partial charge in [-0.2, -0.15) is 0 Å². The van der Waals surface area contributed by atoms with E-state index in [2.05, 4.69) is 21.0 Å². The number of aromatic nitrogens is 4. The first kappa shape index (κ1) is 18.1. The van der Waals surface area contributed by atoms with E-state index < -0.39 is 0 Å². The Morgan fingerprint density at radius 2 is 1.92 bits per heavy atom. The number of hydrogen-bond acceptors (Lipinski definition) is 7. The van der Waals surface area contributed by atoms with Crippen molar-refractivity contribution in [3.63, 3.8) is 0 Å². The molecule has 0 aliphatic heterocycles. The molecule has 3 rings (SSSR count). The van der Waals surface area contributed by atoms with Crippen LogP contribution in [0.5, 0.6) is 11.5 Å². The van der Waals surface area contributed by atoms with Crippen LogP contribution in [0.2, 0.25) is 10.0 Å². The second-order valence-corrected chi connectivity index (χ2v) is 6.14. The molecule has 0 fully saturated rings. The summed E-state index contributed by atoms with van der Waals surface area (Å²) in [6.45, 7) is 0.713. The topological polar surface area (TPSA) is 100 Å². The number of rotatable bonds is 7. The lowest BCUT2D eigenvalue weighted by Crippen LogP contribution is -2.18. The summed E-state index contributed by atoms with van der Waals surface area (Å²) >= 11 is 12.2. The van der Waals surface area contributed by atoms with Gasteiger partial charge in [-0.15, -0.1) is 4.79 Å². The van der Waals surface area contributed by atoms with E-state index in [9.17, 15) is 0 Å². The minimum atomic E-state index is 0.149. The van der Waals surface area contributed by atoms with E-state index in [-0.39, 0.29) is 5.95 Å². The van der Waals surface area contributed by atoms with Gasteiger partial charge in [-0.3, -0.25) is 0 Å². The highest BCUT2D eigenvalue weighted by atomic mass is 35.5. The Morgan fingerprint density at radius 3 is 2.58 bits per heavy atom. The predicted octanol–water partition coefficient (Wildman–Crippen LogP) is 2.89. The van der Waals surface area contributed by atoms with Crippen molar-refractivity contribution < 1.29 is 9.47 Å². The van der Waals surface area contributed by atoms with Crippen LogP contribution in [0.1, 0.15) is 11.1 Å². The minimum Gasteiger partial charge on any atom is -0.493 e. The summed E-state index contributed by atoms with van der Waals surface area (Å²) in [5.41, 5.74) is 10.3. The minimum absolute atomic E-state index is 0.149. The molecule has 8 nitrogen and oxygen atoms in total. The molecule has 3 aromatic rings. The SMILES string of the molecule is COc1cc(CNn2nnnc2N)c(Cl)cc1OCc1ccc(Cl)cc1. The third-order valence-electron chi connectivity index (χ3n) is 3.55. The number of nitrogen functional groups attached to an aromatic ring is 1. The molecular formula is C16H16Cl2N6O2. The second kappa shape index (κ2) is 8.11. The fourth-order valence-corrected chi connectivity index (χ4v) is 2.54. The van der Waals surface area contributed by atoms with E-state index in [0.717, 1.165) is 11.1 Å². The van der Waals surface area contributed by atoms with E-state index in [1.165, 1.54) is 4.79 Å². The van der Waals surface area contributed by atoms with Crippen LogP contribution >= 0.6 is 23.2 Å². The molecule has 0 radical (unpaired) electrons. The number of halogens is 2. The zero-order valence-electron chi connectivity index (χ0n) is 13.8. The highest BCUT2D eigenvalue weighted by Gasteiger charge is 2.12. The molecule has 0 amide bonds. The summed E-state index contributed by atoms with van der Waals surface area (Å²) in [4.78, 5) is 1.26. The lowest BCUT2D eigenvalue weighted by molar-refractivity contribution is 0.284. The zero-order valence-corrected chi connectivity index (χ0v) is 15.3. The van der Waals surface area contributed by atoms with Gasteiger partial charge in [-0.25, -0.2) is 0 Å². The van der Waals surface area contributed by atoms with Gasteiger partial charge in [-0.1, -0.05) is 40.4 Å². The first-order valence-corrected chi connectivity index (χ1v) is 8.34. The second-order valence-electron chi connectivity index (χ2n) is 5.29. The van der Waals surface area contributed by atoms with E-state index in [1.807, 2.05) is 24.3 Å². The summed E-state index contributed by atoms with van der Waals surface area (Å²) in [5.74, 6) is 1.25. The quantitative estimate of drug-likeness (QED) is 0.635. The maximum atomic E-state index is 6.36. The average Bonchev–Trinajstić information content (AvgIpc) is 3.05. The molecule has 1 heterocycles. The van der Waals surface area contributed by atoms with Crippen molar-refractivity contribution in [1.82, 2.24) is 20.3 Å². The van der Waals surface area contributed by atoms with Gasteiger partial charge < -0.3 is 20.6 Å². The van der Waals surface area contributed by atoms with E-state index in [4.69, 9.17) is 38.4 Å². The van der Waals surface area contributed by atoms with Crippen LogP contribution in [-0.2, 0) is 13.2 Å². The molecule has 0 aliphatic carbocycles. The van der Waals surface area contributed by atoms with E-state index in [1.54, 1.807) is 19.2 Å². The van der Waals surface area contributed by atoms with Gasteiger partial charge in [0.1, 0.15) is 6.61 Å². The Kier molecular flexibility index (Phi) is 5.65. The molecular weight excluding hydrogens is 379 g/mol. The molecule has 2 aromatic carbocycles. The third-order valence-corrected chi connectivity index (χ3v) is 4.16. The normalized spacial score (nSPS) is 10.6. The van der Waals surface area contributed by atoms with Crippen LogP contribution in [0, 0.1) is 0 Å². The molecule has 0 saturated heterocycles. The monoisotopic (exact) mass is 394 g/mol. The summed E-state index contributed by atoms with van der Waals surface area (Å²) in [6.07, 6.45) is 0. The molecule has 136 valence electrons. The van der Waals surface area contributed by atoms with Crippen molar-refractivity contribution in [2.45, 2.75) is 13.2 Å². The van der Waals surface area contributed by atoms with E-state index >= 15 is 0 Å². The molecule has 0 spiro atoms. The number of nitrogens with one attached hydrogen (secondary N) is 1. The van der Waals surface area contributed by atoms with Crippen molar-refractivity contribution in [2.24, 2.45) is 0 Å². The summed E-state index contributed by atoms with van der Waals surface area (Å²) in [7, 11) is 1.56. The third kappa shape index (κ3) is 4.27. The molecule has 0 saturated carbocycles. The Hall–Kier alpha value is -2.71. The first-order valence-electron chi connectivity index (χ1n) is 7.58. The Morgan fingerprint density at radius 1 is 1.15 bits per heavy atom. The molecule has 1 aromatic heterocycles. The Balaban J connectivity index is 1.71. The van der Waals surface area contributed by atoms with Crippen LogP contribution in [0.4, 0.5) is 5.95 Å². The lowest BCUT2D eigenvalue weighted by Gasteiger charge is -2.14. The molecule has 0 aliphatic rings. The van der Waals surface area contributed by atoms with Gasteiger partial charge in [0.25, 0.3) is 5.95 Å². The average molecular weight is 395 g/mol. The number of methoxy groups -OCH3 is 1. The fraction of sp³-hybridized carbons (Fsp3) is 0.188. The number of nitrogens with two attached hydrogens (primary N) is 1. The van der Waals surface area contributed by atoms with Crippen LogP contribution < -0.4 is 20.6 Å². The van der Waals surface area contributed by atoms with Gasteiger partial charge in [0, 0.05) is 16.1 Å². The van der Waals surface area contributed by atoms with Crippen molar-refractivity contribution in [3.8, 4) is 11.5 Å². The summed E-state index contributed by atoms with van der Waals surface area (Å²) in [6, 6.07) is 10.9. The van der Waals surface area contributed by atoms with Crippen LogP contribution in [-0.4, -0.2) is 27.4 Å². The van der Waals surface area contributed by atoms with Gasteiger partial charge in [0.15, 0.2) is 11.5 Å². The number of nitrogens with zero attached hydrogens (tertiary/aromatic N) is 4. The van der Waals surface area contributed by atoms with Crippen molar-refractivity contribution in [1.29, 1.82) is 0 Å². The van der Waals surface area contributed by atoms with Crippen LogP contribution in [0.25, 0.3) is 0 Å². The molecule has 0 atom stereocenters. The Bertz CT molecular complexity index is 885. The van der Waals surface area contributed by atoms with Crippen molar-refractivity contribution >= 4 is 29.2 Å². The van der Waals surface area contributed by atoms with Crippen LogP contribution in [0.15, 0.2) is 36.4 Å². The molecule has 26 heavy (non-hydrogen) atoms. The smallest absolute Gasteiger partial charge is 0.260 e. The number of ether oxygens (including phenoxy) is 2. The number of hydrogen-bond donors (Lipinski definition) is 2. The highest BCUT2D eigenvalue weighted by Crippen LogP contribution is 2.34. The van der Waals surface area contributed by atoms with Gasteiger partial charge in [0.2, 0.25) is 0 Å². The maximum absolute atomic E-state index is 6.36. The summed E-state index contributed by atoms with van der Waals surface area (Å²) in [5, 5.41) is 11.9. The molecule has 10 heteroatoms. The fourth-order valence-electron chi connectivity index (χ4n) is 2.19. The Labute approximate surface area is 159 Å². The number of anilines is 1. The summed E-state index contributed by atoms with van der Waals surface area (Å²) < 4.78 is 11.2. The van der Waals surface area contributed by atoms with Crippen molar-refractivity contribution in [2.75, 3.05) is 18.3 Å².